The number of Topliss-reactive ketones (excluding diaryl/α,β-unsaturated/α-hetero) is 1. The van der Waals surface area contributed by atoms with Crippen LogP contribution in [-0.2, 0) is 4.79 Å². The Balaban J connectivity index is 2.57. The molecule has 70 valence electrons. The molecule has 0 aromatic rings. The predicted molar refractivity (Wildman–Crippen MR) is 66.5 cm³/mol. The predicted octanol–water partition coefficient (Wildman–Crippen LogP) is 3.40. The molecule has 12 heavy (non-hydrogen) atoms. The molecule has 1 fully saturated rings. The summed E-state index contributed by atoms with van der Waals surface area (Å²) in [6.07, 6.45) is 3.21. The normalized spacial score (nSPS) is 34.4. The molecule has 0 amide bonds. The van der Waals surface area contributed by atoms with Gasteiger partial charge in [-0.25, -0.2) is 0 Å². The number of hydrogen-bond donors (Lipinski definition) is 0. The Labute approximate surface area is 81.8 Å². The molecule has 1 nitrogen and oxygen atoms in total. The molecule has 1 saturated carbocycles. The average molecular weight is 240 g/mol. The molecule has 0 radical (unpaired) electrons. The lowest BCUT2D eigenvalue weighted by molar-refractivity contribution is -0.123. The maximum Gasteiger partial charge on any atom is 0.136 e. The van der Waals surface area contributed by atoms with Gasteiger partial charge in [-0.2, -0.15) is 0 Å². The summed E-state index contributed by atoms with van der Waals surface area (Å²) in [5.74, 6) is 0.819. The van der Waals surface area contributed by atoms with E-state index in [0.29, 0.717) is 17.4 Å². The van der Waals surface area contributed by atoms with E-state index in [4.69, 9.17) is 0 Å². The highest BCUT2D eigenvalue weighted by molar-refractivity contribution is 8.61. The lowest BCUT2D eigenvalue weighted by Crippen LogP contribution is -2.27. The third kappa shape index (κ3) is 2.69. The zero-order valence-corrected chi connectivity index (χ0v) is 11.5. The molecule has 5 heteroatoms. The second kappa shape index (κ2) is 5.32. The van der Waals surface area contributed by atoms with Crippen molar-refractivity contribution >= 4 is 38.9 Å². The summed E-state index contributed by atoms with van der Waals surface area (Å²) in [6, 6.07) is 0. The van der Waals surface area contributed by atoms with E-state index in [1.807, 2.05) is 0 Å². The van der Waals surface area contributed by atoms with Crippen molar-refractivity contribution in [1.82, 2.24) is 0 Å². The van der Waals surface area contributed by atoms with Gasteiger partial charge < -0.3 is 0 Å². The first kappa shape index (κ1) is 11.5. The largest absolute Gasteiger partial charge is 0.299 e. The van der Waals surface area contributed by atoms with Crippen molar-refractivity contribution in [2.75, 3.05) is 0 Å². The number of hydrogen-bond acceptors (Lipinski definition) is 1. The van der Waals surface area contributed by atoms with Crippen LogP contribution in [0.1, 0.15) is 26.2 Å². The van der Waals surface area contributed by atoms with Crippen LogP contribution >= 0.6 is 33.1 Å². The summed E-state index contributed by atoms with van der Waals surface area (Å²) in [7, 11) is 6.72. The zero-order chi connectivity index (χ0) is 9.14. The third-order valence-electron chi connectivity index (χ3n) is 2.51. The van der Waals surface area contributed by atoms with Crippen molar-refractivity contribution in [2.45, 2.75) is 31.8 Å². The molecule has 0 aliphatic heterocycles. The maximum atomic E-state index is 11.4. The molecule has 1 rings (SSSR count). The van der Waals surface area contributed by atoms with E-state index in [1.165, 1.54) is 6.42 Å². The van der Waals surface area contributed by atoms with E-state index in [9.17, 15) is 4.79 Å². The first-order chi connectivity index (χ1) is 5.66. The monoisotopic (exact) mass is 240 g/mol. The molecule has 1 aliphatic rings. The maximum absolute atomic E-state index is 11.4. The molecule has 0 heterocycles. The molecule has 0 aromatic carbocycles. The van der Waals surface area contributed by atoms with Gasteiger partial charge in [-0.15, -0.1) is 17.9 Å². The molecule has 0 aromatic heterocycles. The Hall–Kier alpha value is 1.39. The molecule has 0 bridgehead atoms. The van der Waals surface area contributed by atoms with Crippen molar-refractivity contribution in [2.24, 2.45) is 5.92 Å². The third-order valence-corrected chi connectivity index (χ3v) is 14.0. The fraction of sp³-hybridized carbons (Fsp3) is 0.857. The number of carbonyl (C=O) groups excluding carboxylic acids is 1. The Morgan fingerprint density at radius 3 is 2.92 bits per heavy atom. The van der Waals surface area contributed by atoms with E-state index in [1.54, 1.807) is 0 Å². The molecule has 0 spiro atoms. The van der Waals surface area contributed by atoms with Gasteiger partial charge in [0.2, 0.25) is 0 Å². The van der Waals surface area contributed by atoms with Gasteiger partial charge in [-0.1, -0.05) is 22.2 Å². The van der Waals surface area contributed by atoms with Crippen LogP contribution in [0.5, 0.6) is 0 Å². The van der Waals surface area contributed by atoms with E-state index in [0.717, 1.165) is 20.8 Å². The zero-order valence-electron chi connectivity index (χ0n) is 7.29. The Morgan fingerprint density at radius 2 is 2.33 bits per heavy atom. The summed E-state index contributed by atoms with van der Waals surface area (Å²) in [6.45, 7) is 2.11. The second-order valence-electron chi connectivity index (χ2n) is 3.25. The summed E-state index contributed by atoms with van der Waals surface area (Å²) >= 11 is 0. The Morgan fingerprint density at radius 1 is 1.67 bits per heavy atom. The van der Waals surface area contributed by atoms with Crippen molar-refractivity contribution in [3.05, 3.63) is 0 Å². The lowest BCUT2D eigenvalue weighted by Gasteiger charge is -2.31. The standard InChI is InChI=1S/C7H16OP4/c1-5-6(8)3-2-4-7(5)12(10)11-9/h5,7,11H,2-4,9-10H2,1H3. The van der Waals surface area contributed by atoms with Gasteiger partial charge in [-0.05, 0) is 18.5 Å². The minimum absolute atomic E-state index is 0.0241. The van der Waals surface area contributed by atoms with Gasteiger partial charge in [0.05, 0.1) is 0 Å². The topological polar surface area (TPSA) is 17.1 Å². The molecule has 0 saturated heterocycles. The molecule has 0 N–H and O–H groups in total. The minimum atomic E-state index is 0.0241. The molecule has 6 unspecified atom stereocenters. The van der Waals surface area contributed by atoms with Gasteiger partial charge in [0.1, 0.15) is 5.78 Å². The van der Waals surface area contributed by atoms with E-state index in [-0.39, 0.29) is 7.30 Å². The van der Waals surface area contributed by atoms with Crippen molar-refractivity contribution < 1.29 is 4.79 Å². The summed E-state index contributed by atoms with van der Waals surface area (Å²) in [5.41, 5.74) is 0.682. The van der Waals surface area contributed by atoms with E-state index < -0.39 is 0 Å². The van der Waals surface area contributed by atoms with Gasteiger partial charge in [0.25, 0.3) is 0 Å². The number of ketones is 1. The number of rotatable bonds is 2. The van der Waals surface area contributed by atoms with Crippen molar-refractivity contribution in [3.8, 4) is 0 Å². The summed E-state index contributed by atoms with van der Waals surface area (Å²) in [5, 5.41) is 0. The quantitative estimate of drug-likeness (QED) is 0.676. The van der Waals surface area contributed by atoms with Crippen LogP contribution in [0.2, 0.25) is 0 Å². The molecule has 1 aliphatic carbocycles. The van der Waals surface area contributed by atoms with Gasteiger partial charge in [-0.3, -0.25) is 4.79 Å². The highest BCUT2D eigenvalue weighted by atomic mass is 32.6. The lowest BCUT2D eigenvalue weighted by atomic mass is 9.89. The highest BCUT2D eigenvalue weighted by Gasteiger charge is 2.30. The van der Waals surface area contributed by atoms with Crippen molar-refractivity contribution in [3.63, 3.8) is 0 Å². The van der Waals surface area contributed by atoms with Gasteiger partial charge in [0, 0.05) is 12.3 Å². The summed E-state index contributed by atoms with van der Waals surface area (Å²) in [4.78, 5) is 11.4. The minimum Gasteiger partial charge on any atom is -0.299 e. The summed E-state index contributed by atoms with van der Waals surface area (Å²) < 4.78 is 0. The second-order valence-corrected chi connectivity index (χ2v) is 12.9. The smallest absolute Gasteiger partial charge is 0.136 e. The first-order valence-corrected chi connectivity index (χ1v) is 10.9. The van der Waals surface area contributed by atoms with Gasteiger partial charge in [0.15, 0.2) is 0 Å². The Kier molecular flexibility index (Phi) is 5.08. The average Bonchev–Trinajstić information content (AvgIpc) is 2.08. The van der Waals surface area contributed by atoms with Crippen LogP contribution in [0.3, 0.4) is 0 Å². The van der Waals surface area contributed by atoms with Crippen molar-refractivity contribution in [1.29, 1.82) is 0 Å². The van der Waals surface area contributed by atoms with Crippen LogP contribution in [0.15, 0.2) is 0 Å². The fourth-order valence-electron chi connectivity index (χ4n) is 1.65. The van der Waals surface area contributed by atoms with E-state index >= 15 is 0 Å². The van der Waals surface area contributed by atoms with Crippen LogP contribution in [-0.4, -0.2) is 11.4 Å². The highest BCUT2D eigenvalue weighted by Crippen LogP contribution is 2.71. The molecule has 6 atom stereocenters. The van der Waals surface area contributed by atoms with Crippen LogP contribution in [0, 0.1) is 5.92 Å². The molecular weight excluding hydrogens is 224 g/mol. The van der Waals surface area contributed by atoms with Gasteiger partial charge >= 0.3 is 0 Å². The fourth-order valence-corrected chi connectivity index (χ4v) is 7.53. The van der Waals surface area contributed by atoms with Crippen LogP contribution in [0.4, 0.5) is 0 Å². The van der Waals surface area contributed by atoms with Crippen LogP contribution in [0.25, 0.3) is 0 Å². The van der Waals surface area contributed by atoms with E-state index in [2.05, 4.69) is 24.8 Å². The number of carbonyl (C=O) groups is 1. The molecular formula is C7H16OP4. The van der Waals surface area contributed by atoms with Crippen LogP contribution < -0.4 is 0 Å². The Bertz CT molecular complexity index is 173. The first-order valence-electron chi connectivity index (χ1n) is 4.19. The SMILES string of the molecule is CC1C(=O)CCCC1P(P)PP.